The molecule has 1 aromatic heterocycles. The minimum Gasteiger partial charge on any atom is -0.481 e. The highest BCUT2D eigenvalue weighted by molar-refractivity contribution is 5.77. The Morgan fingerprint density at radius 3 is 2.57 bits per heavy atom. The maximum absolute atomic E-state index is 12.5. The van der Waals surface area contributed by atoms with E-state index in [9.17, 15) is 14.7 Å². The molecule has 2 amide bonds. The number of imidazole rings is 1. The van der Waals surface area contributed by atoms with Crippen LogP contribution in [0.2, 0.25) is 0 Å². The summed E-state index contributed by atoms with van der Waals surface area (Å²) in [5.41, 5.74) is -0.699. The fourth-order valence-electron chi connectivity index (χ4n) is 2.94. The standard InChI is InChI=1S/C14H20N4O3/c1-14(12(19)20)2-5-17(6-3-14)13(21)18-9-8-16-7-4-15-11(16)10-18/h4,7H,2-3,5-6,8-10H2,1H3,(H,19,20). The lowest BCUT2D eigenvalue weighted by Gasteiger charge is -2.39. The van der Waals surface area contributed by atoms with Crippen LogP contribution in [0.1, 0.15) is 25.6 Å². The molecular weight excluding hydrogens is 272 g/mol. The van der Waals surface area contributed by atoms with Crippen LogP contribution in [0.4, 0.5) is 4.79 Å². The van der Waals surface area contributed by atoms with Crippen LogP contribution in [0, 0.1) is 5.41 Å². The van der Waals surface area contributed by atoms with Crippen LogP contribution in [0.25, 0.3) is 0 Å². The van der Waals surface area contributed by atoms with E-state index < -0.39 is 11.4 Å². The second kappa shape index (κ2) is 5.05. The highest BCUT2D eigenvalue weighted by Crippen LogP contribution is 2.31. The third kappa shape index (κ3) is 2.48. The molecule has 7 heteroatoms. The molecule has 0 aromatic carbocycles. The molecule has 2 aliphatic rings. The van der Waals surface area contributed by atoms with E-state index in [0.29, 0.717) is 39.0 Å². The summed E-state index contributed by atoms with van der Waals surface area (Å²) in [6.45, 7) is 4.74. The Hall–Kier alpha value is -2.05. The van der Waals surface area contributed by atoms with Crippen molar-refractivity contribution in [2.24, 2.45) is 5.41 Å². The van der Waals surface area contributed by atoms with Gasteiger partial charge in [0.1, 0.15) is 5.82 Å². The minimum absolute atomic E-state index is 0.00307. The highest BCUT2D eigenvalue weighted by atomic mass is 16.4. The first-order chi connectivity index (χ1) is 9.99. The first kappa shape index (κ1) is 13.9. The molecule has 1 N–H and O–H groups in total. The summed E-state index contributed by atoms with van der Waals surface area (Å²) in [7, 11) is 0. The zero-order chi connectivity index (χ0) is 15.0. The Morgan fingerprint density at radius 1 is 1.19 bits per heavy atom. The van der Waals surface area contributed by atoms with Gasteiger partial charge < -0.3 is 19.5 Å². The minimum atomic E-state index is -0.769. The number of carboxylic acids is 1. The maximum atomic E-state index is 12.5. The van der Waals surface area contributed by atoms with E-state index in [-0.39, 0.29) is 6.03 Å². The van der Waals surface area contributed by atoms with Crippen LogP contribution in [0.5, 0.6) is 0 Å². The highest BCUT2D eigenvalue weighted by Gasteiger charge is 2.39. The summed E-state index contributed by atoms with van der Waals surface area (Å²) in [5.74, 6) is 0.136. The number of piperidine rings is 1. The van der Waals surface area contributed by atoms with E-state index in [4.69, 9.17) is 0 Å². The van der Waals surface area contributed by atoms with Gasteiger partial charge in [-0.2, -0.15) is 0 Å². The van der Waals surface area contributed by atoms with E-state index in [0.717, 1.165) is 12.4 Å². The summed E-state index contributed by atoms with van der Waals surface area (Å²) >= 11 is 0. The van der Waals surface area contributed by atoms with E-state index in [1.165, 1.54) is 0 Å². The largest absolute Gasteiger partial charge is 0.481 e. The lowest BCUT2D eigenvalue weighted by molar-refractivity contribution is -0.150. The van der Waals surface area contributed by atoms with Gasteiger partial charge in [-0.25, -0.2) is 9.78 Å². The average Bonchev–Trinajstić information content (AvgIpc) is 2.94. The summed E-state index contributed by atoms with van der Waals surface area (Å²) in [4.78, 5) is 31.6. The van der Waals surface area contributed by atoms with Crippen molar-refractivity contribution in [2.45, 2.75) is 32.9 Å². The molecule has 0 radical (unpaired) electrons. The second-order valence-corrected chi connectivity index (χ2v) is 6.09. The quantitative estimate of drug-likeness (QED) is 0.837. The third-order valence-electron chi connectivity index (χ3n) is 4.67. The molecule has 0 bridgehead atoms. The van der Waals surface area contributed by atoms with Crippen LogP contribution < -0.4 is 0 Å². The number of carbonyl (C=O) groups excluding carboxylic acids is 1. The Bertz CT molecular complexity index is 560. The molecule has 7 nitrogen and oxygen atoms in total. The van der Waals surface area contributed by atoms with Gasteiger partial charge in [-0.3, -0.25) is 4.79 Å². The average molecular weight is 292 g/mol. The SMILES string of the molecule is CC1(C(=O)O)CCN(C(=O)N2CCn3ccnc3C2)CC1. The molecule has 114 valence electrons. The van der Waals surface area contributed by atoms with Crippen molar-refractivity contribution in [2.75, 3.05) is 19.6 Å². The van der Waals surface area contributed by atoms with Crippen LogP contribution in [-0.4, -0.2) is 56.1 Å². The summed E-state index contributed by atoms with van der Waals surface area (Å²) in [5, 5.41) is 9.23. The molecule has 0 unspecified atom stereocenters. The molecule has 3 rings (SSSR count). The Labute approximate surface area is 123 Å². The molecule has 1 saturated heterocycles. The molecular formula is C14H20N4O3. The van der Waals surface area contributed by atoms with Gasteiger partial charge in [-0.15, -0.1) is 0 Å². The number of carboxylic acid groups (broad SMARTS) is 1. The zero-order valence-corrected chi connectivity index (χ0v) is 12.2. The lowest BCUT2D eigenvalue weighted by Crippen LogP contribution is -2.51. The van der Waals surface area contributed by atoms with Crippen LogP contribution in [-0.2, 0) is 17.9 Å². The van der Waals surface area contributed by atoms with Gasteiger partial charge in [0.25, 0.3) is 0 Å². The smallest absolute Gasteiger partial charge is 0.320 e. The molecule has 21 heavy (non-hydrogen) atoms. The van der Waals surface area contributed by atoms with E-state index in [1.807, 2.05) is 6.20 Å². The van der Waals surface area contributed by atoms with E-state index in [1.54, 1.807) is 22.9 Å². The van der Waals surface area contributed by atoms with Gasteiger partial charge in [0.05, 0.1) is 12.0 Å². The third-order valence-corrected chi connectivity index (χ3v) is 4.67. The number of aromatic nitrogens is 2. The first-order valence-electron chi connectivity index (χ1n) is 7.27. The molecule has 0 aliphatic carbocycles. The maximum Gasteiger partial charge on any atom is 0.320 e. The van der Waals surface area contributed by atoms with Gasteiger partial charge in [-0.05, 0) is 19.8 Å². The predicted molar refractivity (Wildman–Crippen MR) is 74.6 cm³/mol. The summed E-state index contributed by atoms with van der Waals surface area (Å²) in [6, 6.07) is -0.00307. The second-order valence-electron chi connectivity index (χ2n) is 6.09. The van der Waals surface area contributed by atoms with Gasteiger partial charge in [-0.1, -0.05) is 0 Å². The van der Waals surface area contributed by atoms with Crippen molar-refractivity contribution in [1.82, 2.24) is 19.4 Å². The number of rotatable bonds is 1. The van der Waals surface area contributed by atoms with Gasteiger partial charge in [0, 0.05) is 38.6 Å². The van der Waals surface area contributed by atoms with Crippen LogP contribution in [0.15, 0.2) is 12.4 Å². The number of urea groups is 1. The number of nitrogens with zero attached hydrogens (tertiary/aromatic N) is 4. The molecule has 1 aromatic rings. The van der Waals surface area contributed by atoms with Crippen molar-refractivity contribution in [3.8, 4) is 0 Å². The van der Waals surface area contributed by atoms with Crippen molar-refractivity contribution in [1.29, 1.82) is 0 Å². The number of fused-ring (bicyclic) bond motifs is 1. The molecule has 3 heterocycles. The number of likely N-dealkylation sites (tertiary alicyclic amines) is 1. The molecule has 2 aliphatic heterocycles. The van der Waals surface area contributed by atoms with Crippen LogP contribution in [0.3, 0.4) is 0 Å². The molecule has 0 spiro atoms. The van der Waals surface area contributed by atoms with Crippen molar-refractivity contribution >= 4 is 12.0 Å². The van der Waals surface area contributed by atoms with Crippen molar-refractivity contribution in [3.05, 3.63) is 18.2 Å². The summed E-state index contributed by atoms with van der Waals surface area (Å²) < 4.78 is 2.06. The van der Waals surface area contributed by atoms with E-state index in [2.05, 4.69) is 9.55 Å². The van der Waals surface area contributed by atoms with Crippen molar-refractivity contribution in [3.63, 3.8) is 0 Å². The fraction of sp³-hybridized carbons (Fsp3) is 0.643. The Balaban J connectivity index is 1.62. The fourth-order valence-corrected chi connectivity index (χ4v) is 2.94. The Kier molecular flexibility index (Phi) is 3.35. The number of aliphatic carboxylic acids is 1. The Morgan fingerprint density at radius 2 is 1.90 bits per heavy atom. The van der Waals surface area contributed by atoms with Crippen LogP contribution >= 0.6 is 0 Å². The normalized spacial score (nSPS) is 21.0. The van der Waals surface area contributed by atoms with Gasteiger partial charge >= 0.3 is 12.0 Å². The number of carbonyl (C=O) groups is 2. The van der Waals surface area contributed by atoms with Gasteiger partial charge in [0.2, 0.25) is 0 Å². The first-order valence-corrected chi connectivity index (χ1v) is 7.27. The predicted octanol–water partition coefficient (Wildman–Crippen LogP) is 1.01. The number of hydrogen-bond donors (Lipinski definition) is 1. The topological polar surface area (TPSA) is 78.7 Å². The van der Waals surface area contributed by atoms with Crippen molar-refractivity contribution < 1.29 is 14.7 Å². The van der Waals surface area contributed by atoms with E-state index >= 15 is 0 Å². The lowest BCUT2D eigenvalue weighted by atomic mass is 9.80. The number of amides is 2. The number of hydrogen-bond acceptors (Lipinski definition) is 3. The summed E-state index contributed by atoms with van der Waals surface area (Å²) in [6.07, 6.45) is 4.70. The zero-order valence-electron chi connectivity index (χ0n) is 12.2. The van der Waals surface area contributed by atoms with Gasteiger partial charge in [0.15, 0.2) is 0 Å². The molecule has 0 saturated carbocycles. The molecule has 1 fully saturated rings. The molecule has 0 atom stereocenters. The monoisotopic (exact) mass is 292 g/mol.